The number of benzene rings is 1. The molecular formula is C10H8N2O4S. The first-order chi connectivity index (χ1) is 8.11. The first-order valence-electron chi connectivity index (χ1n) is 4.63. The van der Waals surface area contributed by atoms with E-state index in [0.717, 1.165) is 4.70 Å². The number of non-ortho nitro benzene ring substituents is 1. The van der Waals surface area contributed by atoms with Gasteiger partial charge in [-0.25, -0.2) is 5.48 Å². The van der Waals surface area contributed by atoms with Crippen LogP contribution in [-0.4, -0.2) is 17.9 Å². The molecule has 88 valence electrons. The first-order valence-corrected chi connectivity index (χ1v) is 5.45. The summed E-state index contributed by atoms with van der Waals surface area (Å²) in [5.74, 6) is -0.364. The Kier molecular flexibility index (Phi) is 3.03. The second kappa shape index (κ2) is 4.48. The van der Waals surface area contributed by atoms with E-state index in [0.29, 0.717) is 10.3 Å². The number of nitro groups is 1. The predicted molar refractivity (Wildman–Crippen MR) is 63.0 cm³/mol. The number of hydrogen-bond donors (Lipinski definition) is 1. The molecule has 0 unspecified atom stereocenters. The van der Waals surface area contributed by atoms with Crippen molar-refractivity contribution in [2.75, 3.05) is 7.11 Å². The molecule has 0 atom stereocenters. The Bertz CT molecular complexity index is 593. The zero-order chi connectivity index (χ0) is 12.4. The number of rotatable bonds is 3. The van der Waals surface area contributed by atoms with E-state index in [1.807, 2.05) is 0 Å². The van der Waals surface area contributed by atoms with Gasteiger partial charge in [0.1, 0.15) is 0 Å². The molecule has 0 radical (unpaired) electrons. The number of carbonyl (C=O) groups is 1. The van der Waals surface area contributed by atoms with E-state index in [1.54, 1.807) is 12.1 Å². The van der Waals surface area contributed by atoms with Crippen molar-refractivity contribution in [3.63, 3.8) is 0 Å². The van der Waals surface area contributed by atoms with Gasteiger partial charge in [-0.1, -0.05) is 0 Å². The Morgan fingerprint density at radius 1 is 1.47 bits per heavy atom. The van der Waals surface area contributed by atoms with Crippen LogP contribution in [0, 0.1) is 10.1 Å². The Balaban J connectivity index is 2.43. The van der Waals surface area contributed by atoms with Crippen LogP contribution in [0.1, 0.15) is 9.67 Å². The molecule has 0 spiro atoms. The molecule has 0 saturated carbocycles. The molecule has 1 aromatic heterocycles. The molecule has 7 heteroatoms. The molecule has 0 aliphatic carbocycles. The van der Waals surface area contributed by atoms with Crippen molar-refractivity contribution in [3.8, 4) is 0 Å². The van der Waals surface area contributed by atoms with Gasteiger partial charge in [0.25, 0.3) is 11.6 Å². The van der Waals surface area contributed by atoms with E-state index in [2.05, 4.69) is 10.3 Å². The fourth-order valence-electron chi connectivity index (χ4n) is 1.40. The van der Waals surface area contributed by atoms with Crippen molar-refractivity contribution >= 4 is 33.0 Å². The van der Waals surface area contributed by atoms with Crippen molar-refractivity contribution < 1.29 is 14.6 Å². The minimum absolute atomic E-state index is 0.00833. The van der Waals surface area contributed by atoms with Crippen LogP contribution in [0.4, 0.5) is 5.69 Å². The quantitative estimate of drug-likeness (QED) is 0.670. The SMILES string of the molecule is CONC(=O)c1cc2cc([N+](=O)[O-])ccc2s1. The van der Waals surface area contributed by atoms with E-state index in [-0.39, 0.29) is 11.6 Å². The van der Waals surface area contributed by atoms with Gasteiger partial charge in [-0.05, 0) is 12.1 Å². The van der Waals surface area contributed by atoms with E-state index < -0.39 is 4.92 Å². The molecule has 0 aliphatic rings. The number of hydroxylamine groups is 1. The maximum atomic E-state index is 11.5. The minimum atomic E-state index is -0.466. The fraction of sp³-hybridized carbons (Fsp3) is 0.100. The average molecular weight is 252 g/mol. The average Bonchev–Trinajstić information content (AvgIpc) is 2.71. The molecule has 17 heavy (non-hydrogen) atoms. The minimum Gasteiger partial charge on any atom is -0.277 e. The third-order valence-electron chi connectivity index (χ3n) is 2.13. The summed E-state index contributed by atoms with van der Waals surface area (Å²) in [6, 6.07) is 6.08. The standard InChI is InChI=1S/C10H8N2O4S/c1-16-11-10(13)9-5-6-4-7(12(14)15)2-3-8(6)17-9/h2-5H,1H3,(H,11,13). The molecular weight excluding hydrogens is 244 g/mol. The van der Waals surface area contributed by atoms with Crippen molar-refractivity contribution in [1.29, 1.82) is 0 Å². The third kappa shape index (κ3) is 2.24. The number of hydrogen-bond acceptors (Lipinski definition) is 5. The summed E-state index contributed by atoms with van der Waals surface area (Å²) in [5.41, 5.74) is 2.21. The summed E-state index contributed by atoms with van der Waals surface area (Å²) in [6.07, 6.45) is 0. The van der Waals surface area contributed by atoms with Crippen LogP contribution in [0.25, 0.3) is 10.1 Å². The molecule has 1 aromatic carbocycles. The normalized spacial score (nSPS) is 10.4. The maximum absolute atomic E-state index is 11.5. The molecule has 1 heterocycles. The molecule has 0 fully saturated rings. The number of carbonyl (C=O) groups excluding carboxylic acids is 1. The van der Waals surface area contributed by atoms with Crippen molar-refractivity contribution in [2.45, 2.75) is 0 Å². The summed E-state index contributed by atoms with van der Waals surface area (Å²) in [7, 11) is 1.34. The highest BCUT2D eigenvalue weighted by Crippen LogP contribution is 2.28. The predicted octanol–water partition coefficient (Wildman–Crippen LogP) is 2.10. The summed E-state index contributed by atoms with van der Waals surface area (Å²) in [6.45, 7) is 0. The summed E-state index contributed by atoms with van der Waals surface area (Å²) in [4.78, 5) is 26.6. The van der Waals surface area contributed by atoms with Crippen LogP contribution >= 0.6 is 11.3 Å². The number of thiophene rings is 1. The van der Waals surface area contributed by atoms with Gasteiger partial charge in [-0.15, -0.1) is 11.3 Å². The van der Waals surface area contributed by atoms with Gasteiger partial charge >= 0.3 is 0 Å². The van der Waals surface area contributed by atoms with Crippen molar-refractivity contribution in [2.24, 2.45) is 0 Å². The molecule has 0 bridgehead atoms. The Hall–Kier alpha value is -1.99. The lowest BCUT2D eigenvalue weighted by Crippen LogP contribution is -2.20. The van der Waals surface area contributed by atoms with Crippen LogP contribution < -0.4 is 5.48 Å². The van der Waals surface area contributed by atoms with E-state index >= 15 is 0 Å². The Labute approximate surface area is 99.9 Å². The molecule has 1 amide bonds. The summed E-state index contributed by atoms with van der Waals surface area (Å²) < 4.78 is 0.817. The topological polar surface area (TPSA) is 81.5 Å². The Morgan fingerprint density at radius 3 is 2.88 bits per heavy atom. The van der Waals surface area contributed by atoms with Gasteiger partial charge < -0.3 is 0 Å². The van der Waals surface area contributed by atoms with Gasteiger partial charge in [-0.3, -0.25) is 19.7 Å². The monoisotopic (exact) mass is 252 g/mol. The van der Waals surface area contributed by atoms with E-state index in [9.17, 15) is 14.9 Å². The van der Waals surface area contributed by atoms with Crippen molar-refractivity contribution in [1.82, 2.24) is 5.48 Å². The highest BCUT2D eigenvalue weighted by molar-refractivity contribution is 7.20. The molecule has 2 aromatic rings. The lowest BCUT2D eigenvalue weighted by molar-refractivity contribution is -0.384. The van der Waals surface area contributed by atoms with Crippen LogP contribution in [-0.2, 0) is 4.84 Å². The van der Waals surface area contributed by atoms with Crippen LogP contribution in [0.3, 0.4) is 0 Å². The number of nitrogens with one attached hydrogen (secondary N) is 1. The first kappa shape index (κ1) is 11.5. The third-order valence-corrected chi connectivity index (χ3v) is 3.24. The zero-order valence-corrected chi connectivity index (χ0v) is 9.61. The van der Waals surface area contributed by atoms with Crippen LogP contribution in [0.5, 0.6) is 0 Å². The van der Waals surface area contributed by atoms with E-state index in [1.165, 1.54) is 30.6 Å². The van der Waals surface area contributed by atoms with Crippen molar-refractivity contribution in [3.05, 3.63) is 39.3 Å². The smallest absolute Gasteiger partial charge is 0.277 e. The number of fused-ring (bicyclic) bond motifs is 1. The number of amides is 1. The summed E-state index contributed by atoms with van der Waals surface area (Å²) >= 11 is 1.25. The van der Waals surface area contributed by atoms with Crippen LogP contribution in [0.2, 0.25) is 0 Å². The molecule has 0 saturated heterocycles. The fourth-order valence-corrected chi connectivity index (χ4v) is 2.33. The highest BCUT2D eigenvalue weighted by atomic mass is 32.1. The summed E-state index contributed by atoms with van der Waals surface area (Å²) in [5, 5.41) is 11.3. The highest BCUT2D eigenvalue weighted by Gasteiger charge is 2.12. The molecule has 1 N–H and O–H groups in total. The van der Waals surface area contributed by atoms with Gasteiger partial charge in [0.05, 0.1) is 16.9 Å². The second-order valence-electron chi connectivity index (χ2n) is 3.23. The maximum Gasteiger partial charge on any atom is 0.284 e. The van der Waals surface area contributed by atoms with Crippen LogP contribution in [0.15, 0.2) is 24.3 Å². The Morgan fingerprint density at radius 2 is 2.24 bits per heavy atom. The molecule has 0 aliphatic heterocycles. The second-order valence-corrected chi connectivity index (χ2v) is 4.31. The number of nitrogens with zero attached hydrogens (tertiary/aromatic N) is 1. The molecule has 2 rings (SSSR count). The zero-order valence-electron chi connectivity index (χ0n) is 8.80. The van der Waals surface area contributed by atoms with Gasteiger partial charge in [0, 0.05) is 22.2 Å². The number of nitro benzene ring substituents is 1. The van der Waals surface area contributed by atoms with Gasteiger partial charge in [0.2, 0.25) is 0 Å². The largest absolute Gasteiger partial charge is 0.284 e. The van der Waals surface area contributed by atoms with Gasteiger partial charge in [0.15, 0.2) is 0 Å². The lowest BCUT2D eigenvalue weighted by atomic mass is 10.2. The molecule has 6 nitrogen and oxygen atoms in total. The lowest BCUT2D eigenvalue weighted by Gasteiger charge is -1.96. The van der Waals surface area contributed by atoms with Gasteiger partial charge in [-0.2, -0.15) is 0 Å². The van der Waals surface area contributed by atoms with E-state index in [4.69, 9.17) is 0 Å².